The van der Waals surface area contributed by atoms with E-state index in [-0.39, 0.29) is 11.8 Å². The molecule has 0 fully saturated rings. The summed E-state index contributed by atoms with van der Waals surface area (Å²) >= 11 is 0. The molecule has 0 radical (unpaired) electrons. The first-order chi connectivity index (χ1) is 8.19. The van der Waals surface area contributed by atoms with Crippen molar-refractivity contribution in [2.24, 2.45) is 0 Å². The average Bonchev–Trinajstić information content (AvgIpc) is 2.38. The molecule has 2 amide bonds. The van der Waals surface area contributed by atoms with Crippen LogP contribution in [0.5, 0.6) is 0 Å². The van der Waals surface area contributed by atoms with Crippen molar-refractivity contribution in [3.05, 3.63) is 35.4 Å². The zero-order valence-electron chi connectivity index (χ0n) is 10.2. The second-order valence-electron chi connectivity index (χ2n) is 3.77. The van der Waals surface area contributed by atoms with Crippen molar-refractivity contribution in [3.8, 4) is 0 Å². The van der Waals surface area contributed by atoms with Crippen molar-refractivity contribution in [2.45, 2.75) is 19.8 Å². The van der Waals surface area contributed by atoms with Gasteiger partial charge in [-0.25, -0.2) is 0 Å². The van der Waals surface area contributed by atoms with E-state index in [9.17, 15) is 9.59 Å². The van der Waals surface area contributed by atoms with Gasteiger partial charge in [0.15, 0.2) is 0 Å². The topological polar surface area (TPSA) is 58.2 Å². The Bertz CT molecular complexity index is 385. The van der Waals surface area contributed by atoms with E-state index < -0.39 is 0 Å². The largest absolute Gasteiger partial charge is 0.355 e. The lowest BCUT2D eigenvalue weighted by atomic mass is 10.1. The highest BCUT2D eigenvalue weighted by atomic mass is 16.2. The average molecular weight is 234 g/mol. The summed E-state index contributed by atoms with van der Waals surface area (Å²) in [5.41, 5.74) is 1.13. The number of hydrogen-bond donors (Lipinski definition) is 2. The Balaban J connectivity index is 2.61. The minimum absolute atomic E-state index is 0.0955. The van der Waals surface area contributed by atoms with E-state index in [0.717, 1.165) is 12.8 Å². The monoisotopic (exact) mass is 234 g/mol. The summed E-state index contributed by atoms with van der Waals surface area (Å²) in [6.45, 7) is 2.76. The standard InChI is InChI=1S/C13H18N2O2/c1-3-4-9-15-13(17)11-7-5-10(6-8-11)12(16)14-2/h5-8H,3-4,9H2,1-2H3,(H,14,16)(H,15,17). The molecule has 17 heavy (non-hydrogen) atoms. The van der Waals surface area contributed by atoms with Gasteiger partial charge < -0.3 is 10.6 Å². The Morgan fingerprint density at radius 2 is 1.59 bits per heavy atom. The van der Waals surface area contributed by atoms with E-state index in [1.807, 2.05) is 0 Å². The van der Waals surface area contributed by atoms with Crippen LogP contribution in [0, 0.1) is 0 Å². The zero-order chi connectivity index (χ0) is 12.7. The van der Waals surface area contributed by atoms with Gasteiger partial charge in [-0.3, -0.25) is 9.59 Å². The quantitative estimate of drug-likeness (QED) is 0.760. The zero-order valence-corrected chi connectivity index (χ0v) is 10.2. The van der Waals surface area contributed by atoms with Crippen LogP contribution in [0.15, 0.2) is 24.3 Å². The Morgan fingerprint density at radius 1 is 1.06 bits per heavy atom. The van der Waals surface area contributed by atoms with Gasteiger partial charge >= 0.3 is 0 Å². The second-order valence-corrected chi connectivity index (χ2v) is 3.77. The van der Waals surface area contributed by atoms with Crippen LogP contribution in [0.25, 0.3) is 0 Å². The summed E-state index contributed by atoms with van der Waals surface area (Å²) in [4.78, 5) is 23.0. The van der Waals surface area contributed by atoms with E-state index in [1.165, 1.54) is 0 Å². The SMILES string of the molecule is CCCCNC(=O)c1ccc(C(=O)NC)cc1. The fourth-order valence-electron chi connectivity index (χ4n) is 1.40. The van der Waals surface area contributed by atoms with Crippen molar-refractivity contribution in [1.29, 1.82) is 0 Å². The molecule has 0 aromatic heterocycles. The van der Waals surface area contributed by atoms with Crippen molar-refractivity contribution in [1.82, 2.24) is 10.6 Å². The third kappa shape index (κ3) is 3.90. The van der Waals surface area contributed by atoms with Gasteiger partial charge in [-0.1, -0.05) is 13.3 Å². The summed E-state index contributed by atoms with van der Waals surface area (Å²) < 4.78 is 0. The second kappa shape index (κ2) is 6.68. The smallest absolute Gasteiger partial charge is 0.251 e. The molecule has 1 aromatic rings. The van der Waals surface area contributed by atoms with Gasteiger partial charge in [-0.05, 0) is 30.7 Å². The van der Waals surface area contributed by atoms with Gasteiger partial charge in [-0.15, -0.1) is 0 Å². The highest BCUT2D eigenvalue weighted by Crippen LogP contribution is 2.04. The molecule has 1 rings (SSSR count). The molecule has 0 atom stereocenters. The molecule has 0 spiro atoms. The van der Waals surface area contributed by atoms with E-state index in [2.05, 4.69) is 17.6 Å². The Kier molecular flexibility index (Phi) is 5.20. The number of amides is 2. The van der Waals surface area contributed by atoms with Crippen LogP contribution < -0.4 is 10.6 Å². The molecule has 0 unspecified atom stereocenters. The molecule has 92 valence electrons. The summed E-state index contributed by atoms with van der Waals surface area (Å²) in [5, 5.41) is 5.36. The molecule has 4 heteroatoms. The molecule has 0 aliphatic heterocycles. The summed E-state index contributed by atoms with van der Waals surface area (Å²) in [5.74, 6) is -0.246. The lowest BCUT2D eigenvalue weighted by Gasteiger charge is -2.05. The van der Waals surface area contributed by atoms with E-state index >= 15 is 0 Å². The third-order valence-corrected chi connectivity index (χ3v) is 2.45. The minimum atomic E-state index is -0.150. The number of unbranched alkanes of at least 4 members (excludes halogenated alkanes) is 1. The summed E-state index contributed by atoms with van der Waals surface area (Å²) in [6, 6.07) is 6.61. The maximum absolute atomic E-state index is 11.7. The summed E-state index contributed by atoms with van der Waals surface area (Å²) in [7, 11) is 1.58. The number of carbonyl (C=O) groups is 2. The Morgan fingerprint density at radius 3 is 2.06 bits per heavy atom. The molecule has 2 N–H and O–H groups in total. The van der Waals surface area contributed by atoms with Crippen LogP contribution in [0.2, 0.25) is 0 Å². The molecule has 0 aliphatic rings. The third-order valence-electron chi connectivity index (χ3n) is 2.45. The number of rotatable bonds is 5. The normalized spacial score (nSPS) is 9.76. The first-order valence-electron chi connectivity index (χ1n) is 5.79. The number of hydrogen-bond acceptors (Lipinski definition) is 2. The van der Waals surface area contributed by atoms with Crippen molar-refractivity contribution < 1.29 is 9.59 Å². The van der Waals surface area contributed by atoms with Crippen LogP contribution in [-0.2, 0) is 0 Å². The lowest BCUT2D eigenvalue weighted by molar-refractivity contribution is 0.0945. The molecule has 0 aliphatic carbocycles. The summed E-state index contributed by atoms with van der Waals surface area (Å²) in [6.07, 6.45) is 2.03. The lowest BCUT2D eigenvalue weighted by Crippen LogP contribution is -2.24. The van der Waals surface area contributed by atoms with Gasteiger partial charge in [0.25, 0.3) is 11.8 Å². The Hall–Kier alpha value is -1.84. The predicted octanol–water partition coefficient (Wildman–Crippen LogP) is 1.58. The van der Waals surface area contributed by atoms with Crippen LogP contribution in [0.4, 0.5) is 0 Å². The van der Waals surface area contributed by atoms with Crippen LogP contribution >= 0.6 is 0 Å². The van der Waals surface area contributed by atoms with Gasteiger partial charge in [0.05, 0.1) is 0 Å². The van der Waals surface area contributed by atoms with Crippen molar-refractivity contribution in [3.63, 3.8) is 0 Å². The first kappa shape index (κ1) is 13.2. The molecule has 1 aromatic carbocycles. The number of benzene rings is 1. The molecule has 0 saturated heterocycles. The van der Waals surface area contributed by atoms with Crippen LogP contribution in [0.1, 0.15) is 40.5 Å². The fourth-order valence-corrected chi connectivity index (χ4v) is 1.40. The first-order valence-corrected chi connectivity index (χ1v) is 5.79. The van der Waals surface area contributed by atoms with Crippen LogP contribution in [0.3, 0.4) is 0 Å². The predicted molar refractivity (Wildman–Crippen MR) is 67.1 cm³/mol. The molecular weight excluding hydrogens is 216 g/mol. The molecular formula is C13H18N2O2. The molecule has 4 nitrogen and oxygen atoms in total. The van der Waals surface area contributed by atoms with Crippen molar-refractivity contribution in [2.75, 3.05) is 13.6 Å². The van der Waals surface area contributed by atoms with Gasteiger partial charge in [0, 0.05) is 24.7 Å². The van der Waals surface area contributed by atoms with Gasteiger partial charge in [0.1, 0.15) is 0 Å². The maximum atomic E-state index is 11.7. The Labute approximate surface area is 101 Å². The highest BCUT2D eigenvalue weighted by molar-refractivity contribution is 5.97. The van der Waals surface area contributed by atoms with Gasteiger partial charge in [-0.2, -0.15) is 0 Å². The van der Waals surface area contributed by atoms with Gasteiger partial charge in [0.2, 0.25) is 0 Å². The molecule has 0 bridgehead atoms. The van der Waals surface area contributed by atoms with E-state index in [4.69, 9.17) is 0 Å². The molecule has 0 saturated carbocycles. The van der Waals surface area contributed by atoms with Crippen molar-refractivity contribution >= 4 is 11.8 Å². The fraction of sp³-hybridized carbons (Fsp3) is 0.385. The molecule has 0 heterocycles. The maximum Gasteiger partial charge on any atom is 0.251 e. The van der Waals surface area contributed by atoms with E-state index in [1.54, 1.807) is 31.3 Å². The van der Waals surface area contributed by atoms with Crippen LogP contribution in [-0.4, -0.2) is 25.4 Å². The number of nitrogens with one attached hydrogen (secondary N) is 2. The number of carbonyl (C=O) groups excluding carboxylic acids is 2. The highest BCUT2D eigenvalue weighted by Gasteiger charge is 2.06. The van der Waals surface area contributed by atoms with E-state index in [0.29, 0.717) is 17.7 Å². The minimum Gasteiger partial charge on any atom is -0.355 e.